The van der Waals surface area contributed by atoms with Crippen molar-refractivity contribution in [2.24, 2.45) is 0 Å². The van der Waals surface area contributed by atoms with E-state index in [0.29, 0.717) is 22.6 Å². The SMILES string of the molecule is Cc1nc2cc(C(=O)Nc3ccc(Br)cc3C)ccc2o1. The van der Waals surface area contributed by atoms with E-state index < -0.39 is 0 Å². The fraction of sp³-hybridized carbons (Fsp3) is 0.125. The molecule has 0 bridgehead atoms. The van der Waals surface area contributed by atoms with Crippen molar-refractivity contribution in [1.82, 2.24) is 4.98 Å². The maximum Gasteiger partial charge on any atom is 0.255 e. The summed E-state index contributed by atoms with van der Waals surface area (Å²) in [5.41, 5.74) is 3.71. The molecule has 106 valence electrons. The standard InChI is InChI=1S/C16H13BrN2O2/c1-9-7-12(17)4-5-13(9)19-16(20)11-3-6-15-14(8-11)18-10(2)21-15/h3-8H,1-2H3,(H,19,20). The average Bonchev–Trinajstić information content (AvgIpc) is 2.80. The number of aryl methyl sites for hydroxylation is 2. The Hall–Kier alpha value is -2.14. The monoisotopic (exact) mass is 344 g/mol. The lowest BCUT2D eigenvalue weighted by atomic mass is 10.1. The number of halogens is 1. The molecule has 21 heavy (non-hydrogen) atoms. The number of hydrogen-bond donors (Lipinski definition) is 1. The minimum Gasteiger partial charge on any atom is -0.441 e. The molecule has 0 atom stereocenters. The lowest BCUT2D eigenvalue weighted by molar-refractivity contribution is 0.102. The number of benzene rings is 2. The number of aromatic nitrogens is 1. The summed E-state index contributed by atoms with van der Waals surface area (Å²) in [6.07, 6.45) is 0. The van der Waals surface area contributed by atoms with Crippen LogP contribution in [0.25, 0.3) is 11.1 Å². The fourth-order valence-electron chi connectivity index (χ4n) is 2.15. The Morgan fingerprint density at radius 3 is 2.76 bits per heavy atom. The van der Waals surface area contributed by atoms with Gasteiger partial charge in [-0.1, -0.05) is 15.9 Å². The van der Waals surface area contributed by atoms with Crippen molar-refractivity contribution < 1.29 is 9.21 Å². The van der Waals surface area contributed by atoms with Crippen LogP contribution in [0.15, 0.2) is 45.3 Å². The predicted octanol–water partition coefficient (Wildman–Crippen LogP) is 4.46. The number of hydrogen-bond acceptors (Lipinski definition) is 3. The van der Waals surface area contributed by atoms with Gasteiger partial charge in [0.2, 0.25) is 0 Å². The van der Waals surface area contributed by atoms with E-state index in [-0.39, 0.29) is 5.91 Å². The van der Waals surface area contributed by atoms with Crippen LogP contribution in [0.1, 0.15) is 21.8 Å². The second kappa shape index (κ2) is 5.33. The van der Waals surface area contributed by atoms with Crippen LogP contribution in [0.5, 0.6) is 0 Å². The summed E-state index contributed by atoms with van der Waals surface area (Å²) in [5.74, 6) is 0.425. The van der Waals surface area contributed by atoms with Crippen LogP contribution in [0.3, 0.4) is 0 Å². The largest absolute Gasteiger partial charge is 0.441 e. The van der Waals surface area contributed by atoms with Gasteiger partial charge in [-0.15, -0.1) is 0 Å². The Labute approximate surface area is 130 Å². The zero-order valence-electron chi connectivity index (χ0n) is 11.6. The van der Waals surface area contributed by atoms with Gasteiger partial charge < -0.3 is 9.73 Å². The highest BCUT2D eigenvalue weighted by molar-refractivity contribution is 9.10. The first-order chi connectivity index (χ1) is 10.0. The van der Waals surface area contributed by atoms with E-state index in [9.17, 15) is 4.79 Å². The van der Waals surface area contributed by atoms with Crippen molar-refractivity contribution in [2.75, 3.05) is 5.32 Å². The summed E-state index contributed by atoms with van der Waals surface area (Å²) in [6.45, 7) is 3.73. The van der Waals surface area contributed by atoms with Gasteiger partial charge in [-0.05, 0) is 48.9 Å². The van der Waals surface area contributed by atoms with Gasteiger partial charge in [0.25, 0.3) is 5.91 Å². The molecule has 1 aromatic heterocycles. The molecule has 0 spiro atoms. The van der Waals surface area contributed by atoms with Gasteiger partial charge >= 0.3 is 0 Å². The Morgan fingerprint density at radius 2 is 2.00 bits per heavy atom. The molecule has 0 fully saturated rings. The van der Waals surface area contributed by atoms with Crippen molar-refractivity contribution in [3.05, 3.63) is 57.9 Å². The van der Waals surface area contributed by atoms with Crippen molar-refractivity contribution in [2.45, 2.75) is 13.8 Å². The van der Waals surface area contributed by atoms with Gasteiger partial charge in [0.1, 0.15) is 5.52 Å². The highest BCUT2D eigenvalue weighted by atomic mass is 79.9. The summed E-state index contributed by atoms with van der Waals surface area (Å²) in [7, 11) is 0. The Bertz CT molecular complexity index is 839. The quantitative estimate of drug-likeness (QED) is 0.746. The second-order valence-corrected chi connectivity index (χ2v) is 5.74. The van der Waals surface area contributed by atoms with Gasteiger partial charge in [-0.25, -0.2) is 4.98 Å². The van der Waals surface area contributed by atoms with Gasteiger partial charge in [0.05, 0.1) is 0 Å². The number of nitrogens with one attached hydrogen (secondary N) is 1. The number of oxazole rings is 1. The van der Waals surface area contributed by atoms with E-state index in [0.717, 1.165) is 15.7 Å². The van der Waals surface area contributed by atoms with Crippen molar-refractivity contribution in [3.8, 4) is 0 Å². The molecular formula is C16H13BrN2O2. The number of amides is 1. The molecule has 0 saturated carbocycles. The first kappa shape index (κ1) is 13.8. The number of carbonyl (C=O) groups is 1. The van der Waals surface area contributed by atoms with Crippen LogP contribution in [0.4, 0.5) is 5.69 Å². The maximum absolute atomic E-state index is 12.3. The molecule has 0 aliphatic carbocycles. The third-order valence-electron chi connectivity index (χ3n) is 3.19. The first-order valence-corrected chi connectivity index (χ1v) is 7.27. The molecule has 4 nitrogen and oxygen atoms in total. The van der Waals surface area contributed by atoms with Crippen LogP contribution >= 0.6 is 15.9 Å². The van der Waals surface area contributed by atoms with E-state index in [1.54, 1.807) is 25.1 Å². The van der Waals surface area contributed by atoms with Crippen LogP contribution in [-0.4, -0.2) is 10.9 Å². The molecule has 3 aromatic rings. The third kappa shape index (κ3) is 2.83. The summed E-state index contributed by atoms with van der Waals surface area (Å²) in [6, 6.07) is 11.0. The second-order valence-electron chi connectivity index (χ2n) is 4.83. The van der Waals surface area contributed by atoms with Gasteiger partial charge in [-0.2, -0.15) is 0 Å². The lowest BCUT2D eigenvalue weighted by Crippen LogP contribution is -2.12. The minimum absolute atomic E-state index is 0.164. The van der Waals surface area contributed by atoms with Crippen LogP contribution in [-0.2, 0) is 0 Å². The van der Waals surface area contributed by atoms with Crippen LogP contribution < -0.4 is 5.32 Å². The minimum atomic E-state index is -0.164. The van der Waals surface area contributed by atoms with Gasteiger partial charge in [-0.3, -0.25) is 4.79 Å². The first-order valence-electron chi connectivity index (χ1n) is 6.47. The number of carbonyl (C=O) groups excluding carboxylic acids is 1. The topological polar surface area (TPSA) is 55.1 Å². The number of anilines is 1. The lowest BCUT2D eigenvalue weighted by Gasteiger charge is -2.08. The van der Waals surface area contributed by atoms with Crippen molar-refractivity contribution in [3.63, 3.8) is 0 Å². The molecular weight excluding hydrogens is 332 g/mol. The predicted molar refractivity (Wildman–Crippen MR) is 85.6 cm³/mol. The molecule has 5 heteroatoms. The van der Waals surface area contributed by atoms with Crippen molar-refractivity contribution >= 4 is 38.6 Å². The molecule has 0 radical (unpaired) electrons. The normalized spacial score (nSPS) is 10.8. The van der Waals surface area contributed by atoms with Crippen molar-refractivity contribution in [1.29, 1.82) is 0 Å². The molecule has 0 saturated heterocycles. The summed E-state index contributed by atoms with van der Waals surface area (Å²) in [4.78, 5) is 16.6. The van der Waals surface area contributed by atoms with E-state index in [2.05, 4.69) is 26.2 Å². The zero-order valence-corrected chi connectivity index (χ0v) is 13.2. The smallest absolute Gasteiger partial charge is 0.255 e. The highest BCUT2D eigenvalue weighted by Crippen LogP contribution is 2.22. The number of nitrogens with zero attached hydrogens (tertiary/aromatic N) is 1. The Morgan fingerprint density at radius 1 is 1.19 bits per heavy atom. The third-order valence-corrected chi connectivity index (χ3v) is 3.69. The average molecular weight is 345 g/mol. The zero-order chi connectivity index (χ0) is 15.0. The van der Waals surface area contributed by atoms with Crippen LogP contribution in [0, 0.1) is 13.8 Å². The molecule has 1 amide bonds. The molecule has 1 heterocycles. The van der Waals surface area contributed by atoms with E-state index in [4.69, 9.17) is 4.42 Å². The number of fused-ring (bicyclic) bond motifs is 1. The fourth-order valence-corrected chi connectivity index (χ4v) is 2.62. The molecule has 0 unspecified atom stereocenters. The van der Waals surface area contributed by atoms with E-state index >= 15 is 0 Å². The Balaban J connectivity index is 1.89. The summed E-state index contributed by atoms with van der Waals surface area (Å²) in [5, 5.41) is 2.91. The molecule has 1 N–H and O–H groups in total. The molecule has 0 aliphatic rings. The molecule has 2 aromatic carbocycles. The summed E-state index contributed by atoms with van der Waals surface area (Å²) < 4.78 is 6.39. The van der Waals surface area contributed by atoms with Gasteiger partial charge in [0.15, 0.2) is 11.5 Å². The number of rotatable bonds is 2. The molecule has 3 rings (SSSR count). The Kier molecular flexibility index (Phi) is 3.51. The molecule has 0 aliphatic heterocycles. The van der Waals surface area contributed by atoms with Crippen LogP contribution in [0.2, 0.25) is 0 Å². The van der Waals surface area contributed by atoms with E-state index in [1.165, 1.54) is 0 Å². The van der Waals surface area contributed by atoms with Gasteiger partial charge in [0, 0.05) is 22.6 Å². The van der Waals surface area contributed by atoms with E-state index in [1.807, 2.05) is 25.1 Å². The highest BCUT2D eigenvalue weighted by Gasteiger charge is 2.11. The summed E-state index contributed by atoms with van der Waals surface area (Å²) >= 11 is 3.41. The maximum atomic E-state index is 12.3.